The fourth-order valence-corrected chi connectivity index (χ4v) is 4.90. The van der Waals surface area contributed by atoms with Crippen LogP contribution in [-0.4, -0.2) is 60.8 Å². The molecule has 6 heteroatoms. The van der Waals surface area contributed by atoms with Gasteiger partial charge in [-0.25, -0.2) is 0 Å². The number of nitrogens with one attached hydrogen (secondary N) is 1. The molecule has 1 amide bonds. The molecule has 0 radical (unpaired) electrons. The summed E-state index contributed by atoms with van der Waals surface area (Å²) in [7, 11) is 0. The Morgan fingerprint density at radius 1 is 1.03 bits per heavy atom. The maximum absolute atomic E-state index is 12.6. The van der Waals surface area contributed by atoms with Gasteiger partial charge in [0.05, 0.1) is 24.9 Å². The van der Waals surface area contributed by atoms with Crippen molar-refractivity contribution in [2.24, 2.45) is 5.92 Å². The van der Waals surface area contributed by atoms with Gasteiger partial charge in [-0.2, -0.15) is 0 Å². The molecular weight excluding hydrogens is 402 g/mol. The highest BCUT2D eigenvalue weighted by Crippen LogP contribution is 2.30. The summed E-state index contributed by atoms with van der Waals surface area (Å²) < 4.78 is 5.81. The van der Waals surface area contributed by atoms with E-state index in [4.69, 9.17) is 4.74 Å². The number of ether oxygens (including phenoxy) is 1. The second kappa shape index (κ2) is 10.5. The van der Waals surface area contributed by atoms with Crippen molar-refractivity contribution in [1.82, 2.24) is 4.90 Å². The van der Waals surface area contributed by atoms with Gasteiger partial charge < -0.3 is 20.1 Å². The number of aliphatic hydroxyl groups excluding tert-OH is 1. The highest BCUT2D eigenvalue weighted by molar-refractivity contribution is 5.92. The van der Waals surface area contributed by atoms with Crippen molar-refractivity contribution < 1.29 is 14.6 Å². The Hall–Kier alpha value is -2.41. The number of morpholine rings is 1. The average molecular weight is 438 g/mol. The number of hydrogen-bond acceptors (Lipinski definition) is 5. The second-order valence-electron chi connectivity index (χ2n) is 9.23. The summed E-state index contributed by atoms with van der Waals surface area (Å²) in [5, 5.41) is 13.7. The van der Waals surface area contributed by atoms with Crippen molar-refractivity contribution in [3.05, 3.63) is 60.2 Å². The Kier molecular flexibility index (Phi) is 7.45. The van der Waals surface area contributed by atoms with Gasteiger partial charge in [0.2, 0.25) is 5.91 Å². The van der Waals surface area contributed by atoms with Crippen LogP contribution < -0.4 is 10.2 Å². The fourth-order valence-electron chi connectivity index (χ4n) is 4.90. The van der Waals surface area contributed by atoms with Crippen LogP contribution in [0.1, 0.15) is 38.4 Å². The lowest BCUT2D eigenvalue weighted by molar-refractivity contribution is -0.117. The van der Waals surface area contributed by atoms with Crippen LogP contribution in [0, 0.1) is 5.92 Å². The van der Waals surface area contributed by atoms with Gasteiger partial charge in [-0.05, 0) is 75.5 Å². The van der Waals surface area contributed by atoms with Crippen LogP contribution >= 0.6 is 0 Å². The minimum absolute atomic E-state index is 0.00780. The first kappa shape index (κ1) is 22.8. The molecular formula is C26H35N3O3. The van der Waals surface area contributed by atoms with Gasteiger partial charge in [0.25, 0.3) is 0 Å². The van der Waals surface area contributed by atoms with Gasteiger partial charge in [-0.15, -0.1) is 0 Å². The minimum Gasteiger partial charge on any atom is -0.388 e. The molecule has 0 aliphatic carbocycles. The van der Waals surface area contributed by atoms with Crippen LogP contribution in [0.4, 0.5) is 11.4 Å². The number of amides is 1. The number of carbonyl (C=O) groups excluding carboxylic acids is 1. The summed E-state index contributed by atoms with van der Waals surface area (Å²) in [5.74, 6) is 0.253. The van der Waals surface area contributed by atoms with Gasteiger partial charge in [0.15, 0.2) is 0 Å². The van der Waals surface area contributed by atoms with E-state index in [2.05, 4.69) is 41.1 Å². The Balaban J connectivity index is 1.23. The predicted octanol–water partition coefficient (Wildman–Crippen LogP) is 3.68. The van der Waals surface area contributed by atoms with Crippen molar-refractivity contribution in [3.63, 3.8) is 0 Å². The van der Waals surface area contributed by atoms with E-state index in [1.54, 1.807) is 0 Å². The number of aliphatic hydroxyl groups is 1. The van der Waals surface area contributed by atoms with Gasteiger partial charge in [0, 0.05) is 24.5 Å². The topological polar surface area (TPSA) is 65.0 Å². The average Bonchev–Trinajstić information content (AvgIpc) is 2.79. The highest BCUT2D eigenvalue weighted by Gasteiger charge is 2.27. The Labute approximate surface area is 191 Å². The summed E-state index contributed by atoms with van der Waals surface area (Å²) in [6, 6.07) is 17.9. The molecule has 4 rings (SSSR count). The van der Waals surface area contributed by atoms with Crippen molar-refractivity contribution in [1.29, 1.82) is 0 Å². The largest absolute Gasteiger partial charge is 0.388 e. The van der Waals surface area contributed by atoms with E-state index < -0.39 is 6.10 Å². The molecule has 0 spiro atoms. The molecule has 2 fully saturated rings. The van der Waals surface area contributed by atoms with Crippen LogP contribution in [-0.2, 0) is 9.53 Å². The Bertz CT molecular complexity index is 856. The molecule has 6 nitrogen and oxygen atoms in total. The van der Waals surface area contributed by atoms with E-state index in [9.17, 15) is 9.90 Å². The Morgan fingerprint density at radius 3 is 2.28 bits per heavy atom. The minimum atomic E-state index is -0.428. The third-order valence-corrected chi connectivity index (χ3v) is 6.52. The number of carbonyl (C=O) groups is 1. The molecule has 2 N–H and O–H groups in total. The molecule has 2 saturated heterocycles. The number of nitrogens with zero attached hydrogens (tertiary/aromatic N) is 2. The molecule has 3 atom stereocenters. The van der Waals surface area contributed by atoms with E-state index in [0.29, 0.717) is 6.54 Å². The zero-order chi connectivity index (χ0) is 22.5. The predicted molar refractivity (Wildman–Crippen MR) is 128 cm³/mol. The molecule has 0 saturated carbocycles. The summed E-state index contributed by atoms with van der Waals surface area (Å²) in [5.41, 5.74) is 2.96. The maximum Gasteiger partial charge on any atom is 0.238 e. The van der Waals surface area contributed by atoms with Crippen LogP contribution in [0.15, 0.2) is 54.6 Å². The lowest BCUT2D eigenvalue weighted by Crippen LogP contribution is -2.45. The zero-order valence-electron chi connectivity index (χ0n) is 19.1. The number of rotatable bonds is 6. The molecule has 2 aliphatic heterocycles. The lowest BCUT2D eigenvalue weighted by Gasteiger charge is -2.37. The summed E-state index contributed by atoms with van der Waals surface area (Å²) in [4.78, 5) is 17.1. The zero-order valence-corrected chi connectivity index (χ0v) is 19.1. The molecule has 172 valence electrons. The normalized spacial score (nSPS) is 23.7. The monoisotopic (exact) mass is 437 g/mol. The van der Waals surface area contributed by atoms with E-state index >= 15 is 0 Å². The van der Waals surface area contributed by atoms with Gasteiger partial charge in [0.1, 0.15) is 0 Å². The third kappa shape index (κ3) is 5.88. The smallest absolute Gasteiger partial charge is 0.238 e. The van der Waals surface area contributed by atoms with Crippen LogP contribution in [0.5, 0.6) is 0 Å². The summed E-state index contributed by atoms with van der Waals surface area (Å²) in [6.45, 7) is 8.00. The maximum atomic E-state index is 12.6. The number of hydrogen-bond donors (Lipinski definition) is 2. The third-order valence-electron chi connectivity index (χ3n) is 6.52. The lowest BCUT2D eigenvalue weighted by atomic mass is 9.87. The molecule has 0 bridgehead atoms. The molecule has 0 aromatic heterocycles. The van der Waals surface area contributed by atoms with Crippen molar-refractivity contribution in [2.45, 2.75) is 45.0 Å². The van der Waals surface area contributed by atoms with Gasteiger partial charge in [-0.3, -0.25) is 9.69 Å². The van der Waals surface area contributed by atoms with Gasteiger partial charge >= 0.3 is 0 Å². The molecule has 3 unspecified atom stereocenters. The van der Waals surface area contributed by atoms with Crippen LogP contribution in [0.3, 0.4) is 0 Å². The second-order valence-corrected chi connectivity index (χ2v) is 9.23. The van der Waals surface area contributed by atoms with Crippen LogP contribution in [0.25, 0.3) is 0 Å². The standard InChI is InChI=1S/C26H35N3O3/c1-19-16-29(17-20(2)32-19)24-10-8-23(9-11-24)27-25(30)18-28-14-12-22(13-15-28)26(31)21-6-4-3-5-7-21/h3-11,19-20,22,26,31H,12-18H2,1-2H3,(H,27,30). The number of anilines is 2. The molecule has 2 aliphatic rings. The van der Waals surface area contributed by atoms with Crippen molar-refractivity contribution in [2.75, 3.05) is 42.9 Å². The molecule has 32 heavy (non-hydrogen) atoms. The number of piperidine rings is 1. The first-order valence-corrected chi connectivity index (χ1v) is 11.7. The Morgan fingerprint density at radius 2 is 1.66 bits per heavy atom. The van der Waals surface area contributed by atoms with Gasteiger partial charge in [-0.1, -0.05) is 30.3 Å². The van der Waals surface area contributed by atoms with E-state index in [0.717, 1.165) is 56.0 Å². The number of likely N-dealkylation sites (tertiary alicyclic amines) is 1. The van der Waals surface area contributed by atoms with E-state index in [1.807, 2.05) is 42.5 Å². The van der Waals surface area contributed by atoms with Crippen LogP contribution in [0.2, 0.25) is 0 Å². The number of benzene rings is 2. The molecule has 2 heterocycles. The summed E-state index contributed by atoms with van der Waals surface area (Å²) >= 11 is 0. The first-order chi connectivity index (χ1) is 15.5. The first-order valence-electron chi connectivity index (χ1n) is 11.7. The van der Waals surface area contributed by atoms with E-state index in [-0.39, 0.29) is 24.0 Å². The quantitative estimate of drug-likeness (QED) is 0.722. The van der Waals surface area contributed by atoms with E-state index in [1.165, 1.54) is 0 Å². The summed E-state index contributed by atoms with van der Waals surface area (Å²) in [6.07, 6.45) is 1.80. The molecule has 2 aromatic carbocycles. The molecule has 2 aromatic rings. The highest BCUT2D eigenvalue weighted by atomic mass is 16.5. The SMILES string of the molecule is CC1CN(c2ccc(NC(=O)CN3CCC(C(O)c4ccccc4)CC3)cc2)CC(C)O1. The van der Waals surface area contributed by atoms with Crippen molar-refractivity contribution >= 4 is 17.3 Å². The van der Waals surface area contributed by atoms with Crippen molar-refractivity contribution in [3.8, 4) is 0 Å². The fraction of sp³-hybridized carbons (Fsp3) is 0.500.